The predicted octanol–water partition coefficient (Wildman–Crippen LogP) is -0.0267. The maximum absolute atomic E-state index is 5.80. The molecule has 2 rings (SSSR count). The van der Waals surface area contributed by atoms with Gasteiger partial charge in [-0.25, -0.2) is 4.99 Å². The molecule has 0 atom stereocenters. The fourth-order valence-electron chi connectivity index (χ4n) is 1.05. The Labute approximate surface area is 69.3 Å². The summed E-state index contributed by atoms with van der Waals surface area (Å²) in [4.78, 5) is 3.98. The van der Waals surface area contributed by atoms with Crippen LogP contribution in [0.1, 0.15) is 0 Å². The van der Waals surface area contributed by atoms with Crippen molar-refractivity contribution in [3.63, 3.8) is 0 Å². The number of rotatable bonds is 0. The van der Waals surface area contributed by atoms with Crippen molar-refractivity contribution in [1.82, 2.24) is 10.6 Å². The second kappa shape index (κ2) is 2.62. The number of ether oxygens (including phenoxy) is 1. The summed E-state index contributed by atoms with van der Waals surface area (Å²) in [6, 6.07) is 0. The van der Waals surface area contributed by atoms with Gasteiger partial charge < -0.3 is 15.4 Å². The summed E-state index contributed by atoms with van der Waals surface area (Å²) in [5, 5.41) is 6.57. The third kappa shape index (κ3) is 1.14. The molecule has 0 unspecified atom stereocenters. The van der Waals surface area contributed by atoms with E-state index in [-0.39, 0.29) is 0 Å². The maximum atomic E-state index is 5.80. The number of halogens is 1. The predicted molar refractivity (Wildman–Crippen MR) is 42.3 cm³/mol. The second-order valence-electron chi connectivity index (χ2n) is 2.26. The summed E-state index contributed by atoms with van der Waals surface area (Å²) in [5.41, 5.74) is 0.782. The van der Waals surface area contributed by atoms with Gasteiger partial charge >= 0.3 is 0 Å². The number of hydrogen-bond donors (Lipinski definition) is 2. The lowest BCUT2D eigenvalue weighted by Gasteiger charge is -2.24. The van der Waals surface area contributed by atoms with E-state index in [1.807, 2.05) is 0 Å². The first-order chi connectivity index (χ1) is 5.38. The molecule has 5 heteroatoms. The molecule has 4 nitrogen and oxygen atoms in total. The van der Waals surface area contributed by atoms with Crippen molar-refractivity contribution in [1.29, 1.82) is 0 Å². The molecule has 0 spiro atoms. The van der Waals surface area contributed by atoms with Gasteiger partial charge in [0.1, 0.15) is 19.0 Å². The molecule has 2 aliphatic heterocycles. The standard InChI is InChI=1S/C6H8ClN3O/c7-5-4-6(10-3-9-5)11-2-1-8-4/h8,10H,1-3H2. The summed E-state index contributed by atoms with van der Waals surface area (Å²) in [6.07, 6.45) is 0. The first-order valence-corrected chi connectivity index (χ1v) is 3.81. The van der Waals surface area contributed by atoms with Crippen LogP contribution in [-0.4, -0.2) is 25.0 Å². The van der Waals surface area contributed by atoms with Gasteiger partial charge in [-0.3, -0.25) is 0 Å². The fraction of sp³-hybridized carbons (Fsp3) is 0.500. The first-order valence-electron chi connectivity index (χ1n) is 3.43. The van der Waals surface area contributed by atoms with Gasteiger partial charge in [0.05, 0.1) is 0 Å². The Morgan fingerprint density at radius 3 is 3.18 bits per heavy atom. The van der Waals surface area contributed by atoms with Crippen LogP contribution in [0.15, 0.2) is 16.6 Å². The summed E-state index contributed by atoms with van der Waals surface area (Å²) >= 11 is 5.80. The van der Waals surface area contributed by atoms with Crippen LogP contribution in [0.2, 0.25) is 0 Å². The lowest BCUT2D eigenvalue weighted by molar-refractivity contribution is 0.172. The summed E-state index contributed by atoms with van der Waals surface area (Å²) in [5.74, 6) is 0.719. The third-order valence-corrected chi connectivity index (χ3v) is 1.85. The largest absolute Gasteiger partial charge is 0.476 e. The van der Waals surface area contributed by atoms with Gasteiger partial charge in [-0.05, 0) is 0 Å². The highest BCUT2D eigenvalue weighted by Gasteiger charge is 2.19. The monoisotopic (exact) mass is 173 g/mol. The minimum absolute atomic E-state index is 0.499. The number of allylic oxidation sites excluding steroid dienone is 1. The zero-order valence-electron chi connectivity index (χ0n) is 5.85. The smallest absolute Gasteiger partial charge is 0.215 e. The van der Waals surface area contributed by atoms with Gasteiger partial charge in [0.15, 0.2) is 5.17 Å². The van der Waals surface area contributed by atoms with E-state index in [0.717, 1.165) is 18.1 Å². The Morgan fingerprint density at radius 2 is 2.36 bits per heavy atom. The molecule has 0 radical (unpaired) electrons. The molecule has 0 saturated heterocycles. The van der Waals surface area contributed by atoms with Crippen molar-refractivity contribution >= 4 is 16.8 Å². The van der Waals surface area contributed by atoms with Crippen LogP contribution in [0.25, 0.3) is 0 Å². The molecule has 2 heterocycles. The van der Waals surface area contributed by atoms with E-state index in [2.05, 4.69) is 15.6 Å². The Kier molecular flexibility index (Phi) is 1.62. The lowest BCUT2D eigenvalue weighted by atomic mass is 10.4. The highest BCUT2D eigenvalue weighted by atomic mass is 35.5. The number of nitrogens with zero attached hydrogens (tertiary/aromatic N) is 1. The van der Waals surface area contributed by atoms with E-state index in [1.54, 1.807) is 0 Å². The molecule has 0 saturated carbocycles. The quantitative estimate of drug-likeness (QED) is 0.541. The molecule has 0 aromatic heterocycles. The van der Waals surface area contributed by atoms with E-state index in [0.29, 0.717) is 18.4 Å². The van der Waals surface area contributed by atoms with Crippen LogP contribution >= 0.6 is 11.6 Å². The van der Waals surface area contributed by atoms with Crippen molar-refractivity contribution in [2.45, 2.75) is 0 Å². The Balaban J connectivity index is 2.29. The summed E-state index contributed by atoms with van der Waals surface area (Å²) in [6.45, 7) is 1.96. The molecule has 0 bridgehead atoms. The third-order valence-electron chi connectivity index (χ3n) is 1.54. The van der Waals surface area contributed by atoms with Crippen molar-refractivity contribution in [2.24, 2.45) is 4.99 Å². The van der Waals surface area contributed by atoms with Crippen LogP contribution in [0.4, 0.5) is 0 Å². The summed E-state index contributed by atoms with van der Waals surface area (Å²) < 4.78 is 5.29. The highest BCUT2D eigenvalue weighted by Crippen LogP contribution is 2.12. The Morgan fingerprint density at radius 1 is 1.45 bits per heavy atom. The normalized spacial score (nSPS) is 22.5. The van der Waals surface area contributed by atoms with Gasteiger partial charge in [-0.1, -0.05) is 11.6 Å². The molecule has 0 aliphatic carbocycles. The van der Waals surface area contributed by atoms with Crippen LogP contribution in [-0.2, 0) is 4.74 Å². The van der Waals surface area contributed by atoms with Crippen LogP contribution in [0.3, 0.4) is 0 Å². The molecular formula is C6H8ClN3O. The maximum Gasteiger partial charge on any atom is 0.215 e. The van der Waals surface area contributed by atoms with Gasteiger partial charge in [-0.15, -0.1) is 0 Å². The SMILES string of the molecule is ClC1=NCNC2=C1NCCO2. The Hall–Kier alpha value is -0.900. The summed E-state index contributed by atoms with van der Waals surface area (Å²) in [7, 11) is 0. The van der Waals surface area contributed by atoms with Gasteiger partial charge in [0, 0.05) is 6.54 Å². The molecule has 0 aromatic carbocycles. The van der Waals surface area contributed by atoms with Crippen LogP contribution in [0, 0.1) is 0 Å². The molecule has 60 valence electrons. The van der Waals surface area contributed by atoms with Gasteiger partial charge in [0.2, 0.25) is 5.88 Å². The number of hydrogen-bond acceptors (Lipinski definition) is 4. The fourth-order valence-corrected chi connectivity index (χ4v) is 1.26. The van der Waals surface area contributed by atoms with Crippen molar-refractivity contribution in [3.8, 4) is 0 Å². The van der Waals surface area contributed by atoms with Gasteiger partial charge in [-0.2, -0.15) is 0 Å². The average molecular weight is 174 g/mol. The van der Waals surface area contributed by atoms with E-state index in [1.165, 1.54) is 0 Å². The first kappa shape index (κ1) is 6.79. The molecular weight excluding hydrogens is 166 g/mol. The minimum Gasteiger partial charge on any atom is -0.476 e. The molecule has 2 N–H and O–H groups in total. The van der Waals surface area contributed by atoms with Crippen molar-refractivity contribution in [3.05, 3.63) is 11.6 Å². The average Bonchev–Trinajstić information content (AvgIpc) is 2.06. The van der Waals surface area contributed by atoms with Crippen molar-refractivity contribution in [2.75, 3.05) is 19.8 Å². The van der Waals surface area contributed by atoms with Crippen LogP contribution in [0.5, 0.6) is 0 Å². The van der Waals surface area contributed by atoms with E-state index >= 15 is 0 Å². The number of nitrogens with one attached hydrogen (secondary N) is 2. The lowest BCUT2D eigenvalue weighted by Crippen LogP contribution is -2.37. The van der Waals surface area contributed by atoms with Crippen LogP contribution < -0.4 is 10.6 Å². The molecule has 0 amide bonds. The van der Waals surface area contributed by atoms with E-state index < -0.39 is 0 Å². The molecule has 11 heavy (non-hydrogen) atoms. The minimum atomic E-state index is 0.499. The second-order valence-corrected chi connectivity index (χ2v) is 2.62. The topological polar surface area (TPSA) is 45.7 Å². The van der Waals surface area contributed by atoms with E-state index in [9.17, 15) is 0 Å². The Bertz CT molecular complexity index is 236. The van der Waals surface area contributed by atoms with Gasteiger partial charge in [0.25, 0.3) is 0 Å². The molecule has 0 aromatic rings. The highest BCUT2D eigenvalue weighted by molar-refractivity contribution is 6.69. The number of aliphatic imine (C=N–C) groups is 1. The molecule has 2 aliphatic rings. The zero-order valence-corrected chi connectivity index (χ0v) is 6.61. The van der Waals surface area contributed by atoms with Crippen molar-refractivity contribution < 1.29 is 4.74 Å². The molecule has 0 fully saturated rings. The van der Waals surface area contributed by atoms with E-state index in [4.69, 9.17) is 16.3 Å². The zero-order chi connectivity index (χ0) is 7.68.